The van der Waals surface area contributed by atoms with Crippen LogP contribution in [0.2, 0.25) is 0 Å². The van der Waals surface area contributed by atoms with Crippen LogP contribution in [0.25, 0.3) is 5.76 Å². The standard InChI is InChI=1S/C27H33N3O4/c1-17-15-20-16-19(9-12-22(20)34-17)25(31)23-24(18-7-10-21(11-8-18)29(4)5)30(27(33)26(23)32)14-6-13-28(2)3/h7-12,16-17,24,31H,6,13-15H2,1-5H3/b25-23+/t17-,24-/m1/s1. The van der Waals surface area contributed by atoms with Crippen LogP contribution in [0.15, 0.2) is 48.0 Å². The summed E-state index contributed by atoms with van der Waals surface area (Å²) in [6.07, 6.45) is 1.54. The molecule has 0 aliphatic carbocycles. The summed E-state index contributed by atoms with van der Waals surface area (Å²) in [5, 5.41) is 11.3. The van der Waals surface area contributed by atoms with E-state index >= 15 is 0 Å². The number of fused-ring (bicyclic) bond motifs is 1. The number of hydrogen-bond donors (Lipinski definition) is 1. The van der Waals surface area contributed by atoms with Crippen LogP contribution in [0.1, 0.15) is 36.1 Å². The number of anilines is 1. The lowest BCUT2D eigenvalue weighted by Crippen LogP contribution is -2.32. The first-order chi connectivity index (χ1) is 16.2. The molecule has 34 heavy (non-hydrogen) atoms. The molecule has 0 radical (unpaired) electrons. The minimum atomic E-state index is -0.644. The molecule has 2 heterocycles. The zero-order chi connectivity index (χ0) is 24.6. The van der Waals surface area contributed by atoms with Crippen molar-refractivity contribution >= 4 is 23.1 Å². The fourth-order valence-corrected chi connectivity index (χ4v) is 4.69. The van der Waals surface area contributed by atoms with Crippen LogP contribution < -0.4 is 9.64 Å². The average Bonchev–Trinajstić information content (AvgIpc) is 3.29. The summed E-state index contributed by atoms with van der Waals surface area (Å²) in [6.45, 7) is 3.21. The summed E-state index contributed by atoms with van der Waals surface area (Å²) >= 11 is 0. The minimum absolute atomic E-state index is 0.0740. The number of benzene rings is 2. The van der Waals surface area contributed by atoms with Crippen LogP contribution in [-0.4, -0.2) is 74.0 Å². The van der Waals surface area contributed by atoms with Crippen LogP contribution in [0.4, 0.5) is 5.69 Å². The molecule has 2 aromatic rings. The molecule has 0 spiro atoms. The Bertz CT molecular complexity index is 1120. The lowest BCUT2D eigenvalue weighted by molar-refractivity contribution is -0.139. The van der Waals surface area contributed by atoms with E-state index in [1.807, 2.05) is 81.3 Å². The molecular formula is C27H33N3O4. The molecule has 0 bridgehead atoms. The van der Waals surface area contributed by atoms with Gasteiger partial charge in [-0.15, -0.1) is 0 Å². The molecule has 1 fully saturated rings. The Kier molecular flexibility index (Phi) is 6.66. The molecule has 2 aliphatic rings. The van der Waals surface area contributed by atoms with Crippen molar-refractivity contribution in [1.29, 1.82) is 0 Å². The average molecular weight is 464 g/mol. The normalized spacial score (nSPS) is 21.2. The highest BCUT2D eigenvalue weighted by atomic mass is 16.5. The third-order valence-electron chi connectivity index (χ3n) is 6.44. The first-order valence-electron chi connectivity index (χ1n) is 11.7. The number of carbonyl (C=O) groups is 2. The number of nitrogens with zero attached hydrogens (tertiary/aromatic N) is 3. The molecule has 2 aliphatic heterocycles. The SMILES string of the molecule is C[C@@H]1Cc2cc(/C(O)=C3\C(=O)C(=O)N(CCCN(C)C)[C@@H]3c3ccc(N(C)C)cc3)ccc2O1. The maximum atomic E-state index is 13.2. The Hall–Kier alpha value is -3.32. The molecule has 0 saturated carbocycles. The largest absolute Gasteiger partial charge is 0.507 e. The first-order valence-corrected chi connectivity index (χ1v) is 11.7. The second-order valence-corrected chi connectivity index (χ2v) is 9.59. The summed E-state index contributed by atoms with van der Waals surface area (Å²) in [4.78, 5) is 32.0. The van der Waals surface area contributed by atoms with Gasteiger partial charge in [-0.05, 0) is 75.4 Å². The summed E-state index contributed by atoms with van der Waals surface area (Å²) in [6, 6.07) is 12.6. The monoisotopic (exact) mass is 463 g/mol. The van der Waals surface area contributed by atoms with Crippen molar-refractivity contribution in [1.82, 2.24) is 9.80 Å². The summed E-state index contributed by atoms with van der Waals surface area (Å²) in [5.41, 5.74) is 3.47. The van der Waals surface area contributed by atoms with Crippen LogP contribution in [-0.2, 0) is 16.0 Å². The number of amides is 1. The third kappa shape index (κ3) is 4.53. The number of ether oxygens (including phenoxy) is 1. The van der Waals surface area contributed by atoms with Crippen molar-refractivity contribution in [3.63, 3.8) is 0 Å². The fraction of sp³-hybridized carbons (Fsp3) is 0.407. The Morgan fingerprint density at radius 1 is 1.09 bits per heavy atom. The van der Waals surface area contributed by atoms with E-state index in [1.54, 1.807) is 11.0 Å². The number of aliphatic hydroxyl groups excluding tert-OH is 1. The Morgan fingerprint density at radius 2 is 1.79 bits per heavy atom. The fourth-order valence-electron chi connectivity index (χ4n) is 4.69. The number of rotatable bonds is 7. The smallest absolute Gasteiger partial charge is 0.295 e. The number of carbonyl (C=O) groups excluding carboxylic acids is 2. The molecule has 7 heteroatoms. The van der Waals surface area contributed by atoms with Crippen molar-refractivity contribution in [3.8, 4) is 5.75 Å². The molecule has 0 aromatic heterocycles. The van der Waals surface area contributed by atoms with E-state index in [4.69, 9.17) is 4.74 Å². The predicted octanol–water partition coefficient (Wildman–Crippen LogP) is 3.45. The van der Waals surface area contributed by atoms with Crippen LogP contribution >= 0.6 is 0 Å². The van der Waals surface area contributed by atoms with E-state index in [-0.39, 0.29) is 17.4 Å². The van der Waals surface area contributed by atoms with Gasteiger partial charge in [-0.25, -0.2) is 0 Å². The number of ketones is 1. The van der Waals surface area contributed by atoms with E-state index < -0.39 is 17.7 Å². The van der Waals surface area contributed by atoms with Crippen LogP contribution in [0.3, 0.4) is 0 Å². The van der Waals surface area contributed by atoms with Gasteiger partial charge in [0.05, 0.1) is 11.6 Å². The molecular weight excluding hydrogens is 430 g/mol. The zero-order valence-corrected chi connectivity index (χ0v) is 20.5. The lowest BCUT2D eigenvalue weighted by atomic mass is 9.94. The Labute approximate surface area is 201 Å². The van der Waals surface area contributed by atoms with Gasteiger partial charge in [0.1, 0.15) is 17.6 Å². The summed E-state index contributed by atoms with van der Waals surface area (Å²) < 4.78 is 5.77. The summed E-state index contributed by atoms with van der Waals surface area (Å²) in [5.74, 6) is -0.559. The van der Waals surface area contributed by atoms with Gasteiger partial charge in [-0.1, -0.05) is 12.1 Å². The lowest BCUT2D eigenvalue weighted by Gasteiger charge is -2.26. The molecule has 1 saturated heterocycles. The van der Waals surface area contributed by atoms with E-state index in [0.29, 0.717) is 12.1 Å². The van der Waals surface area contributed by atoms with Crippen molar-refractivity contribution in [2.24, 2.45) is 0 Å². The first kappa shape index (κ1) is 23.8. The Balaban J connectivity index is 1.77. The molecule has 0 unspecified atom stereocenters. The number of likely N-dealkylation sites (tertiary alicyclic amines) is 1. The molecule has 180 valence electrons. The second kappa shape index (κ2) is 9.50. The van der Waals surface area contributed by atoms with Crippen molar-refractivity contribution in [3.05, 3.63) is 64.7 Å². The third-order valence-corrected chi connectivity index (χ3v) is 6.44. The topological polar surface area (TPSA) is 73.3 Å². The number of aliphatic hydroxyl groups is 1. The molecule has 4 rings (SSSR count). The van der Waals surface area contributed by atoms with Crippen molar-refractivity contribution in [2.45, 2.75) is 31.9 Å². The molecule has 2 atom stereocenters. The highest BCUT2D eigenvalue weighted by Crippen LogP contribution is 2.41. The van der Waals surface area contributed by atoms with Gasteiger partial charge in [0.25, 0.3) is 11.7 Å². The van der Waals surface area contributed by atoms with E-state index in [2.05, 4.69) is 0 Å². The molecule has 2 aromatic carbocycles. The maximum Gasteiger partial charge on any atom is 0.295 e. The van der Waals surface area contributed by atoms with Gasteiger partial charge in [0.2, 0.25) is 0 Å². The predicted molar refractivity (Wildman–Crippen MR) is 133 cm³/mol. The van der Waals surface area contributed by atoms with E-state index in [1.165, 1.54) is 0 Å². The van der Waals surface area contributed by atoms with E-state index in [9.17, 15) is 14.7 Å². The van der Waals surface area contributed by atoms with Gasteiger partial charge >= 0.3 is 0 Å². The van der Waals surface area contributed by atoms with E-state index in [0.717, 1.165) is 42.0 Å². The van der Waals surface area contributed by atoms with Gasteiger partial charge in [-0.3, -0.25) is 9.59 Å². The van der Waals surface area contributed by atoms with Crippen molar-refractivity contribution < 1.29 is 19.4 Å². The molecule has 7 nitrogen and oxygen atoms in total. The van der Waals surface area contributed by atoms with Gasteiger partial charge in [-0.2, -0.15) is 0 Å². The van der Waals surface area contributed by atoms with Crippen LogP contribution in [0, 0.1) is 0 Å². The number of hydrogen-bond acceptors (Lipinski definition) is 6. The quantitative estimate of drug-likeness (QED) is 0.385. The van der Waals surface area contributed by atoms with Gasteiger partial charge in [0, 0.05) is 38.3 Å². The van der Waals surface area contributed by atoms with Crippen molar-refractivity contribution in [2.75, 3.05) is 46.2 Å². The van der Waals surface area contributed by atoms with Gasteiger partial charge < -0.3 is 24.5 Å². The minimum Gasteiger partial charge on any atom is -0.507 e. The van der Waals surface area contributed by atoms with Gasteiger partial charge in [0.15, 0.2) is 0 Å². The summed E-state index contributed by atoms with van der Waals surface area (Å²) in [7, 11) is 7.87. The maximum absolute atomic E-state index is 13.2. The highest BCUT2D eigenvalue weighted by molar-refractivity contribution is 6.46. The molecule has 1 amide bonds. The zero-order valence-electron chi connectivity index (χ0n) is 20.5. The second-order valence-electron chi connectivity index (χ2n) is 9.59. The van der Waals surface area contributed by atoms with Crippen LogP contribution in [0.5, 0.6) is 5.75 Å². The highest BCUT2D eigenvalue weighted by Gasteiger charge is 2.45. The molecule has 1 N–H and O–H groups in total. The Morgan fingerprint density at radius 3 is 2.44 bits per heavy atom. The number of Topliss-reactive ketones (excluding diaryl/α,β-unsaturated/α-hetero) is 1.